The van der Waals surface area contributed by atoms with Crippen LogP contribution in [-0.2, 0) is 14.3 Å². The number of carbonyl (C=O) groups is 2. The molecule has 0 fully saturated rings. The Balaban J connectivity index is 4.13. The Hall–Kier alpha value is -1.18. The topological polar surface area (TPSA) is 114 Å². The standard InChI is InChI=1S/C13H27N3O4/c1-4-5-6-10(14)11(17)13(19)16-9(2)12(18)15-7-8-20-3/h9-11,17H,4-8,14H2,1-3H3,(H,15,18)(H,16,19)/t9-,10?,11?/m0/s1. The number of nitrogens with two attached hydrogens (primary N) is 1. The maximum Gasteiger partial charge on any atom is 0.251 e. The number of aliphatic hydroxyl groups excluding tert-OH is 1. The fourth-order valence-electron chi connectivity index (χ4n) is 1.59. The molecule has 118 valence electrons. The van der Waals surface area contributed by atoms with Gasteiger partial charge in [-0.05, 0) is 13.3 Å². The molecule has 0 bridgehead atoms. The van der Waals surface area contributed by atoms with Crippen molar-refractivity contribution >= 4 is 11.8 Å². The molecule has 2 amide bonds. The third-order valence-corrected chi connectivity index (χ3v) is 2.92. The van der Waals surface area contributed by atoms with Crippen molar-refractivity contribution in [1.29, 1.82) is 0 Å². The number of carbonyl (C=O) groups excluding carboxylic acids is 2. The molecule has 0 spiro atoms. The van der Waals surface area contributed by atoms with Crippen LogP contribution in [0.25, 0.3) is 0 Å². The Labute approximate surface area is 120 Å². The monoisotopic (exact) mass is 289 g/mol. The number of ether oxygens (including phenoxy) is 1. The van der Waals surface area contributed by atoms with Crippen LogP contribution >= 0.6 is 0 Å². The van der Waals surface area contributed by atoms with Gasteiger partial charge in [-0.2, -0.15) is 0 Å². The number of aliphatic hydroxyl groups is 1. The van der Waals surface area contributed by atoms with Crippen LogP contribution in [0.15, 0.2) is 0 Å². The summed E-state index contributed by atoms with van der Waals surface area (Å²) in [5.74, 6) is -0.951. The highest BCUT2D eigenvalue weighted by Crippen LogP contribution is 2.03. The van der Waals surface area contributed by atoms with Gasteiger partial charge in [-0.3, -0.25) is 9.59 Å². The summed E-state index contributed by atoms with van der Waals surface area (Å²) in [5, 5.41) is 14.8. The first-order valence-electron chi connectivity index (χ1n) is 6.94. The van der Waals surface area contributed by atoms with Gasteiger partial charge in [0.1, 0.15) is 12.1 Å². The summed E-state index contributed by atoms with van der Waals surface area (Å²) in [6, 6.07) is -1.34. The predicted molar refractivity (Wildman–Crippen MR) is 76.0 cm³/mol. The van der Waals surface area contributed by atoms with E-state index in [1.165, 1.54) is 7.11 Å². The van der Waals surface area contributed by atoms with Crippen molar-refractivity contribution in [1.82, 2.24) is 10.6 Å². The molecule has 0 aliphatic carbocycles. The van der Waals surface area contributed by atoms with Crippen LogP contribution in [0.2, 0.25) is 0 Å². The fraction of sp³-hybridized carbons (Fsp3) is 0.846. The summed E-state index contributed by atoms with van der Waals surface area (Å²) < 4.78 is 4.80. The third kappa shape index (κ3) is 7.42. The van der Waals surface area contributed by atoms with Crippen molar-refractivity contribution in [2.75, 3.05) is 20.3 Å². The van der Waals surface area contributed by atoms with Gasteiger partial charge < -0.3 is 26.2 Å². The fourth-order valence-corrected chi connectivity index (χ4v) is 1.59. The van der Waals surface area contributed by atoms with E-state index in [0.29, 0.717) is 19.6 Å². The van der Waals surface area contributed by atoms with Crippen molar-refractivity contribution in [3.63, 3.8) is 0 Å². The van der Waals surface area contributed by atoms with Crippen LogP contribution in [0, 0.1) is 0 Å². The van der Waals surface area contributed by atoms with Crippen LogP contribution in [0.5, 0.6) is 0 Å². The molecule has 0 aromatic rings. The summed E-state index contributed by atoms with van der Waals surface area (Å²) in [6.45, 7) is 4.32. The Morgan fingerprint density at radius 2 is 2.00 bits per heavy atom. The Morgan fingerprint density at radius 3 is 2.55 bits per heavy atom. The van der Waals surface area contributed by atoms with E-state index in [2.05, 4.69) is 10.6 Å². The lowest BCUT2D eigenvalue weighted by molar-refractivity contribution is -0.134. The van der Waals surface area contributed by atoms with Crippen molar-refractivity contribution in [3.05, 3.63) is 0 Å². The second kappa shape index (κ2) is 10.6. The lowest BCUT2D eigenvalue weighted by atomic mass is 10.0. The molecular weight excluding hydrogens is 262 g/mol. The minimum absolute atomic E-state index is 0.329. The maximum atomic E-state index is 11.7. The second-order valence-corrected chi connectivity index (χ2v) is 4.77. The SMILES string of the molecule is CCCCC(N)C(O)C(=O)N[C@@H](C)C(=O)NCCOC. The summed E-state index contributed by atoms with van der Waals surface area (Å²) in [5.41, 5.74) is 5.73. The first-order chi connectivity index (χ1) is 9.43. The van der Waals surface area contributed by atoms with Crippen LogP contribution in [-0.4, -0.2) is 55.4 Å². The van der Waals surface area contributed by atoms with E-state index in [0.717, 1.165) is 12.8 Å². The lowest BCUT2D eigenvalue weighted by Gasteiger charge is -2.20. The van der Waals surface area contributed by atoms with E-state index in [9.17, 15) is 14.7 Å². The number of hydrogen-bond acceptors (Lipinski definition) is 5. The zero-order valence-electron chi connectivity index (χ0n) is 12.5. The maximum absolute atomic E-state index is 11.7. The molecule has 3 atom stereocenters. The van der Waals surface area contributed by atoms with Gasteiger partial charge in [0, 0.05) is 19.7 Å². The Morgan fingerprint density at radius 1 is 1.35 bits per heavy atom. The summed E-state index contributed by atoms with van der Waals surface area (Å²) in [7, 11) is 1.53. The molecule has 0 heterocycles. The third-order valence-electron chi connectivity index (χ3n) is 2.92. The molecule has 0 aliphatic rings. The number of methoxy groups -OCH3 is 1. The van der Waals surface area contributed by atoms with E-state index >= 15 is 0 Å². The number of nitrogens with one attached hydrogen (secondary N) is 2. The zero-order valence-corrected chi connectivity index (χ0v) is 12.5. The molecule has 2 unspecified atom stereocenters. The number of unbranched alkanes of at least 4 members (excludes halogenated alkanes) is 1. The van der Waals surface area contributed by atoms with Gasteiger partial charge in [0.25, 0.3) is 5.91 Å². The van der Waals surface area contributed by atoms with Crippen molar-refractivity contribution in [2.24, 2.45) is 5.73 Å². The van der Waals surface area contributed by atoms with Gasteiger partial charge in [0.05, 0.1) is 6.61 Å². The number of amides is 2. The van der Waals surface area contributed by atoms with Crippen LogP contribution in [0.1, 0.15) is 33.1 Å². The minimum atomic E-state index is -1.30. The van der Waals surface area contributed by atoms with E-state index in [-0.39, 0.29) is 5.91 Å². The van der Waals surface area contributed by atoms with Gasteiger partial charge in [-0.1, -0.05) is 19.8 Å². The Bertz CT molecular complexity index is 299. The molecule has 0 radical (unpaired) electrons. The second-order valence-electron chi connectivity index (χ2n) is 4.77. The molecule has 0 aromatic carbocycles. The lowest BCUT2D eigenvalue weighted by Crippen LogP contribution is -2.52. The first-order valence-corrected chi connectivity index (χ1v) is 6.94. The first kappa shape index (κ1) is 18.8. The summed E-state index contributed by atoms with van der Waals surface area (Å²) in [4.78, 5) is 23.4. The molecular formula is C13H27N3O4. The van der Waals surface area contributed by atoms with Crippen molar-refractivity contribution in [3.8, 4) is 0 Å². The number of rotatable bonds is 10. The molecule has 0 saturated heterocycles. The number of hydrogen-bond donors (Lipinski definition) is 4. The highest BCUT2D eigenvalue weighted by Gasteiger charge is 2.25. The van der Waals surface area contributed by atoms with E-state index in [1.807, 2.05) is 6.92 Å². The molecule has 20 heavy (non-hydrogen) atoms. The molecule has 7 nitrogen and oxygen atoms in total. The molecule has 0 rings (SSSR count). The minimum Gasteiger partial charge on any atom is -0.383 e. The highest BCUT2D eigenvalue weighted by atomic mass is 16.5. The van der Waals surface area contributed by atoms with E-state index in [4.69, 9.17) is 10.5 Å². The highest BCUT2D eigenvalue weighted by molar-refractivity contribution is 5.89. The van der Waals surface area contributed by atoms with E-state index in [1.54, 1.807) is 6.92 Å². The quantitative estimate of drug-likeness (QED) is 0.391. The van der Waals surface area contributed by atoms with Gasteiger partial charge in [0.2, 0.25) is 5.91 Å². The molecule has 0 saturated carbocycles. The molecule has 7 heteroatoms. The Kier molecular flexibility index (Phi) is 9.96. The predicted octanol–water partition coefficient (Wildman–Crippen LogP) is -0.868. The zero-order chi connectivity index (χ0) is 15.5. The molecule has 0 aliphatic heterocycles. The normalized spacial score (nSPS) is 15.2. The van der Waals surface area contributed by atoms with E-state index < -0.39 is 24.1 Å². The summed E-state index contributed by atoms with van der Waals surface area (Å²) in [6.07, 6.45) is 1.06. The van der Waals surface area contributed by atoms with Crippen LogP contribution < -0.4 is 16.4 Å². The van der Waals surface area contributed by atoms with Gasteiger partial charge >= 0.3 is 0 Å². The van der Waals surface area contributed by atoms with Gasteiger partial charge in [-0.15, -0.1) is 0 Å². The average molecular weight is 289 g/mol. The van der Waals surface area contributed by atoms with Crippen molar-refractivity contribution < 1.29 is 19.4 Å². The van der Waals surface area contributed by atoms with Gasteiger partial charge in [-0.25, -0.2) is 0 Å². The smallest absolute Gasteiger partial charge is 0.251 e. The molecule has 0 aromatic heterocycles. The molecule has 5 N–H and O–H groups in total. The van der Waals surface area contributed by atoms with Crippen molar-refractivity contribution in [2.45, 2.75) is 51.3 Å². The van der Waals surface area contributed by atoms with Crippen LogP contribution in [0.4, 0.5) is 0 Å². The van der Waals surface area contributed by atoms with Gasteiger partial charge in [0.15, 0.2) is 0 Å². The summed E-state index contributed by atoms with van der Waals surface area (Å²) >= 11 is 0. The average Bonchev–Trinajstić information content (AvgIpc) is 2.43. The van der Waals surface area contributed by atoms with Crippen LogP contribution in [0.3, 0.4) is 0 Å². The largest absolute Gasteiger partial charge is 0.383 e.